The Balaban J connectivity index is 2.06. The number of thiocarbonyl (C=S) groups is 1. The SMILES string of the molecule is NC(=S)c1ccc(NCC2CC2)cc1Cl. The van der Waals surface area contributed by atoms with Gasteiger partial charge < -0.3 is 11.1 Å². The maximum atomic E-state index is 6.05. The second-order valence-corrected chi connectivity index (χ2v) is 4.73. The summed E-state index contributed by atoms with van der Waals surface area (Å²) >= 11 is 10.9. The van der Waals surface area contributed by atoms with Crippen LogP contribution in [0.4, 0.5) is 5.69 Å². The highest BCUT2D eigenvalue weighted by atomic mass is 35.5. The molecule has 0 atom stereocenters. The van der Waals surface area contributed by atoms with Crippen LogP contribution in [0.2, 0.25) is 5.02 Å². The van der Waals surface area contributed by atoms with Crippen molar-refractivity contribution in [2.45, 2.75) is 12.8 Å². The summed E-state index contributed by atoms with van der Waals surface area (Å²) in [6, 6.07) is 5.70. The van der Waals surface area contributed by atoms with Crippen molar-refractivity contribution in [2.75, 3.05) is 11.9 Å². The summed E-state index contributed by atoms with van der Waals surface area (Å²) < 4.78 is 0. The van der Waals surface area contributed by atoms with Gasteiger partial charge in [0.1, 0.15) is 4.99 Å². The highest BCUT2D eigenvalue weighted by Gasteiger charge is 2.20. The van der Waals surface area contributed by atoms with Crippen LogP contribution in [-0.4, -0.2) is 11.5 Å². The number of halogens is 1. The Morgan fingerprint density at radius 1 is 1.53 bits per heavy atom. The van der Waals surface area contributed by atoms with E-state index < -0.39 is 0 Å². The second-order valence-electron chi connectivity index (χ2n) is 3.88. The predicted molar refractivity (Wildman–Crippen MR) is 68.6 cm³/mol. The van der Waals surface area contributed by atoms with Gasteiger partial charge in [0.15, 0.2) is 0 Å². The third kappa shape index (κ3) is 2.83. The molecule has 0 heterocycles. The summed E-state index contributed by atoms with van der Waals surface area (Å²) in [6.45, 7) is 1.03. The molecular formula is C11H13ClN2S. The van der Waals surface area contributed by atoms with Crippen LogP contribution >= 0.6 is 23.8 Å². The molecule has 2 nitrogen and oxygen atoms in total. The molecule has 15 heavy (non-hydrogen) atoms. The molecule has 1 fully saturated rings. The van der Waals surface area contributed by atoms with Gasteiger partial charge in [-0.3, -0.25) is 0 Å². The van der Waals surface area contributed by atoms with E-state index in [2.05, 4.69) is 5.32 Å². The van der Waals surface area contributed by atoms with Crippen LogP contribution in [-0.2, 0) is 0 Å². The number of hydrogen-bond acceptors (Lipinski definition) is 2. The largest absolute Gasteiger partial charge is 0.389 e. The van der Waals surface area contributed by atoms with Crippen LogP contribution in [0.25, 0.3) is 0 Å². The van der Waals surface area contributed by atoms with E-state index in [9.17, 15) is 0 Å². The van der Waals surface area contributed by atoms with E-state index in [0.29, 0.717) is 10.0 Å². The molecule has 1 saturated carbocycles. The van der Waals surface area contributed by atoms with E-state index in [-0.39, 0.29) is 0 Å². The summed E-state index contributed by atoms with van der Waals surface area (Å²) in [5.41, 5.74) is 7.30. The Morgan fingerprint density at radius 2 is 2.27 bits per heavy atom. The maximum Gasteiger partial charge on any atom is 0.105 e. The zero-order valence-electron chi connectivity index (χ0n) is 8.29. The average Bonchev–Trinajstić information content (AvgIpc) is 2.97. The summed E-state index contributed by atoms with van der Waals surface area (Å²) in [7, 11) is 0. The van der Waals surface area contributed by atoms with Crippen molar-refractivity contribution in [3.8, 4) is 0 Å². The van der Waals surface area contributed by atoms with Gasteiger partial charge in [-0.2, -0.15) is 0 Å². The lowest BCUT2D eigenvalue weighted by atomic mass is 10.2. The fourth-order valence-corrected chi connectivity index (χ4v) is 1.93. The molecule has 0 unspecified atom stereocenters. The van der Waals surface area contributed by atoms with Crippen molar-refractivity contribution in [1.82, 2.24) is 0 Å². The zero-order chi connectivity index (χ0) is 10.8. The van der Waals surface area contributed by atoms with Crippen LogP contribution < -0.4 is 11.1 Å². The summed E-state index contributed by atoms with van der Waals surface area (Å²) in [4.78, 5) is 0.341. The van der Waals surface area contributed by atoms with Gasteiger partial charge in [-0.1, -0.05) is 23.8 Å². The molecular weight excluding hydrogens is 228 g/mol. The molecule has 0 radical (unpaired) electrons. The Hall–Kier alpha value is -0.800. The van der Waals surface area contributed by atoms with Crippen LogP contribution in [0.15, 0.2) is 18.2 Å². The summed E-state index contributed by atoms with van der Waals surface area (Å²) in [5.74, 6) is 0.846. The van der Waals surface area contributed by atoms with E-state index in [1.165, 1.54) is 12.8 Å². The Labute approximate surface area is 99.8 Å². The molecule has 0 spiro atoms. The number of rotatable bonds is 4. The number of hydrogen-bond donors (Lipinski definition) is 2. The van der Waals surface area contributed by atoms with E-state index in [0.717, 1.165) is 23.7 Å². The van der Waals surface area contributed by atoms with Crippen molar-refractivity contribution in [1.29, 1.82) is 0 Å². The molecule has 0 saturated heterocycles. The zero-order valence-corrected chi connectivity index (χ0v) is 9.87. The standard InChI is InChI=1S/C11H13ClN2S/c12-10-5-8(14-6-7-1-2-7)3-4-9(10)11(13)15/h3-5,7,14H,1-2,6H2,(H2,13,15). The minimum atomic E-state index is 0.341. The molecule has 0 aromatic heterocycles. The van der Waals surface area contributed by atoms with Gasteiger partial charge in [-0.05, 0) is 37.0 Å². The molecule has 4 heteroatoms. The highest BCUT2D eigenvalue weighted by Crippen LogP contribution is 2.29. The van der Waals surface area contributed by atoms with Crippen LogP contribution in [0, 0.1) is 5.92 Å². The second kappa shape index (κ2) is 4.37. The van der Waals surface area contributed by atoms with E-state index in [4.69, 9.17) is 29.6 Å². The van der Waals surface area contributed by atoms with Crippen LogP contribution in [0.1, 0.15) is 18.4 Å². The molecule has 2 rings (SSSR count). The molecule has 1 aromatic carbocycles. The minimum absolute atomic E-state index is 0.341. The van der Waals surface area contributed by atoms with Crippen molar-refractivity contribution in [3.63, 3.8) is 0 Å². The van der Waals surface area contributed by atoms with Gasteiger partial charge >= 0.3 is 0 Å². The number of nitrogens with two attached hydrogens (primary N) is 1. The average molecular weight is 241 g/mol. The van der Waals surface area contributed by atoms with Crippen molar-refractivity contribution in [3.05, 3.63) is 28.8 Å². The predicted octanol–water partition coefficient (Wildman–Crippen LogP) is 2.80. The lowest BCUT2D eigenvalue weighted by Crippen LogP contribution is -2.10. The first-order valence-electron chi connectivity index (χ1n) is 5.00. The topological polar surface area (TPSA) is 38.0 Å². The first kappa shape index (κ1) is 10.7. The van der Waals surface area contributed by atoms with Crippen LogP contribution in [0.5, 0.6) is 0 Å². The molecule has 0 aliphatic heterocycles. The monoisotopic (exact) mass is 240 g/mol. The number of benzene rings is 1. The van der Waals surface area contributed by atoms with Crippen molar-refractivity contribution in [2.24, 2.45) is 11.7 Å². The van der Waals surface area contributed by atoms with Gasteiger partial charge in [-0.15, -0.1) is 0 Å². The number of anilines is 1. The smallest absolute Gasteiger partial charge is 0.105 e. The summed E-state index contributed by atoms with van der Waals surface area (Å²) in [5, 5.41) is 3.96. The Morgan fingerprint density at radius 3 is 2.80 bits per heavy atom. The lowest BCUT2D eigenvalue weighted by molar-refractivity contribution is 0.889. The van der Waals surface area contributed by atoms with Crippen molar-refractivity contribution >= 4 is 34.5 Å². The maximum absolute atomic E-state index is 6.05. The lowest BCUT2D eigenvalue weighted by Gasteiger charge is -2.08. The van der Waals surface area contributed by atoms with Crippen LogP contribution in [0.3, 0.4) is 0 Å². The van der Waals surface area contributed by atoms with Gasteiger partial charge in [0.25, 0.3) is 0 Å². The molecule has 0 amide bonds. The summed E-state index contributed by atoms with van der Waals surface area (Å²) in [6.07, 6.45) is 2.68. The minimum Gasteiger partial charge on any atom is -0.389 e. The van der Waals surface area contributed by atoms with Crippen molar-refractivity contribution < 1.29 is 0 Å². The third-order valence-corrected chi connectivity index (χ3v) is 3.06. The van der Waals surface area contributed by atoms with E-state index in [1.54, 1.807) is 0 Å². The number of nitrogens with one attached hydrogen (secondary N) is 1. The Bertz CT molecular complexity index is 388. The molecule has 80 valence electrons. The normalized spacial score (nSPS) is 15.0. The van der Waals surface area contributed by atoms with Gasteiger partial charge in [0, 0.05) is 17.8 Å². The van der Waals surface area contributed by atoms with Gasteiger partial charge in [0.05, 0.1) is 5.02 Å². The molecule has 1 aromatic rings. The first-order valence-corrected chi connectivity index (χ1v) is 5.78. The molecule has 0 bridgehead atoms. The molecule has 1 aliphatic carbocycles. The Kier molecular flexibility index (Phi) is 3.12. The van der Waals surface area contributed by atoms with Gasteiger partial charge in [-0.25, -0.2) is 0 Å². The molecule has 3 N–H and O–H groups in total. The fourth-order valence-electron chi connectivity index (χ4n) is 1.41. The quantitative estimate of drug-likeness (QED) is 0.795. The molecule has 1 aliphatic rings. The fraction of sp³-hybridized carbons (Fsp3) is 0.364. The van der Waals surface area contributed by atoms with E-state index in [1.807, 2.05) is 18.2 Å². The highest BCUT2D eigenvalue weighted by molar-refractivity contribution is 7.80. The first-order chi connectivity index (χ1) is 7.16. The third-order valence-electron chi connectivity index (χ3n) is 2.53. The van der Waals surface area contributed by atoms with Gasteiger partial charge in [0.2, 0.25) is 0 Å². The van der Waals surface area contributed by atoms with E-state index >= 15 is 0 Å².